The molecule has 1 aliphatic carbocycles. The summed E-state index contributed by atoms with van der Waals surface area (Å²) in [7, 11) is 0. The van der Waals surface area contributed by atoms with Crippen molar-refractivity contribution in [3.05, 3.63) is 65.2 Å². The van der Waals surface area contributed by atoms with Gasteiger partial charge >= 0.3 is 5.97 Å². The Bertz CT molecular complexity index is 752. The lowest BCUT2D eigenvalue weighted by Gasteiger charge is -2.38. The highest BCUT2D eigenvalue weighted by Gasteiger charge is 2.33. The van der Waals surface area contributed by atoms with Gasteiger partial charge in [0.2, 0.25) is 0 Å². The minimum Gasteiger partial charge on any atom is -0.423 e. The van der Waals surface area contributed by atoms with Gasteiger partial charge in [-0.1, -0.05) is 83.1 Å². The fraction of sp³-hybridized carbons (Fsp3) is 0.519. The van der Waals surface area contributed by atoms with Crippen LogP contribution >= 0.6 is 0 Å². The molecule has 1 fully saturated rings. The zero-order chi connectivity index (χ0) is 20.5. The van der Waals surface area contributed by atoms with E-state index in [2.05, 4.69) is 26.0 Å². The summed E-state index contributed by atoms with van der Waals surface area (Å²) in [5, 5.41) is 0. The van der Waals surface area contributed by atoms with E-state index in [1.807, 2.05) is 36.4 Å². The van der Waals surface area contributed by atoms with Crippen LogP contribution in [-0.4, -0.2) is 5.97 Å². The van der Waals surface area contributed by atoms with E-state index in [9.17, 15) is 4.79 Å². The van der Waals surface area contributed by atoms with Crippen molar-refractivity contribution in [2.75, 3.05) is 0 Å². The van der Waals surface area contributed by atoms with Gasteiger partial charge in [-0.3, -0.25) is 0 Å². The number of benzene rings is 2. The molecule has 0 unspecified atom stereocenters. The third kappa shape index (κ3) is 5.72. The first-order valence-electron chi connectivity index (χ1n) is 11.6. The molecular formula is C27H36O2. The minimum atomic E-state index is -0.285. The van der Waals surface area contributed by atoms with Crippen LogP contribution in [0.5, 0.6) is 5.75 Å². The third-order valence-electron chi connectivity index (χ3n) is 6.59. The van der Waals surface area contributed by atoms with Crippen LogP contribution in [0.1, 0.15) is 99.5 Å². The first-order valence-corrected chi connectivity index (χ1v) is 11.6. The molecule has 29 heavy (non-hydrogen) atoms. The summed E-state index contributed by atoms with van der Waals surface area (Å²) in [5.74, 6) is 0.350. The van der Waals surface area contributed by atoms with Gasteiger partial charge in [-0.15, -0.1) is 0 Å². The molecule has 0 aliphatic heterocycles. The summed E-state index contributed by atoms with van der Waals surface area (Å²) < 4.78 is 5.62. The average Bonchev–Trinajstić information content (AvgIpc) is 2.78. The van der Waals surface area contributed by atoms with Crippen LogP contribution in [0.4, 0.5) is 0 Å². The van der Waals surface area contributed by atoms with Gasteiger partial charge in [0.15, 0.2) is 0 Å². The largest absolute Gasteiger partial charge is 0.423 e. The molecule has 0 amide bonds. The second-order valence-corrected chi connectivity index (χ2v) is 8.62. The Labute approximate surface area is 176 Å². The number of unbranched alkanes of at least 4 members (excludes halogenated alkanes) is 3. The molecule has 2 aromatic carbocycles. The molecule has 1 aliphatic rings. The second kappa shape index (κ2) is 10.6. The molecule has 0 N–H and O–H groups in total. The number of hydrogen-bond donors (Lipinski definition) is 0. The topological polar surface area (TPSA) is 26.3 Å². The Morgan fingerprint density at radius 1 is 0.862 bits per heavy atom. The summed E-state index contributed by atoms with van der Waals surface area (Å²) in [6, 6.07) is 16.1. The Morgan fingerprint density at radius 3 is 2.17 bits per heavy atom. The molecule has 0 spiro atoms. The molecule has 0 saturated heterocycles. The van der Waals surface area contributed by atoms with E-state index in [0.717, 1.165) is 6.42 Å². The van der Waals surface area contributed by atoms with Crippen LogP contribution in [0.15, 0.2) is 48.5 Å². The van der Waals surface area contributed by atoms with Gasteiger partial charge in [0.25, 0.3) is 0 Å². The molecule has 2 aromatic rings. The Hall–Kier alpha value is -2.09. The molecule has 2 nitrogen and oxygen atoms in total. The Balaban J connectivity index is 1.67. The number of hydrogen-bond acceptors (Lipinski definition) is 2. The van der Waals surface area contributed by atoms with Crippen molar-refractivity contribution in [1.82, 2.24) is 0 Å². The predicted octanol–water partition coefficient (Wildman–Crippen LogP) is 7.64. The predicted molar refractivity (Wildman–Crippen MR) is 121 cm³/mol. The first-order chi connectivity index (χ1) is 14.2. The van der Waals surface area contributed by atoms with E-state index in [1.54, 1.807) is 0 Å². The minimum absolute atomic E-state index is 0.285. The molecule has 0 radical (unpaired) electrons. The van der Waals surface area contributed by atoms with Crippen molar-refractivity contribution in [2.24, 2.45) is 0 Å². The lowest BCUT2D eigenvalue weighted by Crippen LogP contribution is -2.29. The number of carbonyl (C=O) groups excluding carboxylic acids is 1. The maximum absolute atomic E-state index is 12.4. The standard InChI is InChI=1S/C27H36O2/c1-3-5-6-8-19-27(20-9-7-10-21-27)24-15-17-25(18-16-24)29-26(28)23-13-11-22(4-2)12-14-23/h11-18H,3-10,19-21H2,1-2H3. The lowest BCUT2D eigenvalue weighted by atomic mass is 9.66. The lowest BCUT2D eigenvalue weighted by molar-refractivity contribution is 0.0734. The zero-order valence-corrected chi connectivity index (χ0v) is 18.2. The highest BCUT2D eigenvalue weighted by atomic mass is 16.5. The van der Waals surface area contributed by atoms with Crippen LogP contribution in [0, 0.1) is 0 Å². The summed E-state index contributed by atoms with van der Waals surface area (Å²) in [5.41, 5.74) is 3.58. The molecular weight excluding hydrogens is 356 g/mol. The van der Waals surface area contributed by atoms with E-state index >= 15 is 0 Å². The van der Waals surface area contributed by atoms with Gasteiger partial charge in [-0.25, -0.2) is 4.79 Å². The van der Waals surface area contributed by atoms with Gasteiger partial charge in [-0.05, 0) is 66.5 Å². The van der Waals surface area contributed by atoms with Crippen molar-refractivity contribution in [3.8, 4) is 5.75 Å². The Morgan fingerprint density at radius 2 is 1.55 bits per heavy atom. The highest BCUT2D eigenvalue weighted by molar-refractivity contribution is 5.91. The van der Waals surface area contributed by atoms with Crippen LogP contribution < -0.4 is 4.74 Å². The number of rotatable bonds is 9. The summed E-state index contributed by atoms with van der Waals surface area (Å²) in [4.78, 5) is 12.4. The van der Waals surface area contributed by atoms with E-state index in [4.69, 9.17) is 4.74 Å². The average molecular weight is 393 g/mol. The zero-order valence-electron chi connectivity index (χ0n) is 18.2. The maximum Gasteiger partial charge on any atom is 0.343 e. The van der Waals surface area contributed by atoms with Crippen molar-refractivity contribution in [3.63, 3.8) is 0 Å². The van der Waals surface area contributed by atoms with E-state index in [0.29, 0.717) is 16.7 Å². The van der Waals surface area contributed by atoms with E-state index in [1.165, 1.54) is 75.3 Å². The quantitative estimate of drug-likeness (QED) is 0.249. The van der Waals surface area contributed by atoms with Gasteiger partial charge in [0, 0.05) is 0 Å². The highest BCUT2D eigenvalue weighted by Crippen LogP contribution is 2.43. The molecule has 0 bridgehead atoms. The summed E-state index contributed by atoms with van der Waals surface area (Å²) in [6.45, 7) is 4.38. The second-order valence-electron chi connectivity index (χ2n) is 8.62. The maximum atomic E-state index is 12.4. The smallest absolute Gasteiger partial charge is 0.343 e. The van der Waals surface area contributed by atoms with Crippen LogP contribution in [0.3, 0.4) is 0 Å². The van der Waals surface area contributed by atoms with Gasteiger partial charge in [0.1, 0.15) is 5.75 Å². The van der Waals surface area contributed by atoms with Crippen LogP contribution in [0.25, 0.3) is 0 Å². The van der Waals surface area contributed by atoms with Crippen LogP contribution in [-0.2, 0) is 11.8 Å². The number of carbonyl (C=O) groups is 1. The molecule has 0 aromatic heterocycles. The van der Waals surface area contributed by atoms with Crippen molar-refractivity contribution in [1.29, 1.82) is 0 Å². The fourth-order valence-electron chi connectivity index (χ4n) is 4.72. The molecule has 0 heterocycles. The van der Waals surface area contributed by atoms with E-state index in [-0.39, 0.29) is 5.97 Å². The molecule has 2 heteroatoms. The van der Waals surface area contributed by atoms with Crippen LogP contribution in [0.2, 0.25) is 0 Å². The van der Waals surface area contributed by atoms with Gasteiger partial charge < -0.3 is 4.74 Å². The van der Waals surface area contributed by atoms with Crippen molar-refractivity contribution < 1.29 is 9.53 Å². The summed E-state index contributed by atoms with van der Waals surface area (Å²) >= 11 is 0. The van der Waals surface area contributed by atoms with Crippen molar-refractivity contribution in [2.45, 2.75) is 89.9 Å². The molecule has 0 atom stereocenters. The monoisotopic (exact) mass is 392 g/mol. The first kappa shape index (κ1) is 21.6. The molecule has 156 valence electrons. The number of aryl methyl sites for hydroxylation is 1. The fourth-order valence-corrected chi connectivity index (χ4v) is 4.72. The van der Waals surface area contributed by atoms with Crippen molar-refractivity contribution >= 4 is 5.97 Å². The van der Waals surface area contributed by atoms with E-state index < -0.39 is 0 Å². The SMILES string of the molecule is CCCCCCC1(c2ccc(OC(=O)c3ccc(CC)cc3)cc2)CCCCC1. The Kier molecular flexibility index (Phi) is 7.91. The van der Waals surface area contributed by atoms with Gasteiger partial charge in [-0.2, -0.15) is 0 Å². The van der Waals surface area contributed by atoms with Gasteiger partial charge in [0.05, 0.1) is 5.56 Å². The molecule has 1 saturated carbocycles. The number of esters is 1. The third-order valence-corrected chi connectivity index (χ3v) is 6.59. The summed E-state index contributed by atoms with van der Waals surface area (Å²) in [6.07, 6.45) is 14.2. The molecule has 3 rings (SSSR count). The normalized spacial score (nSPS) is 15.8. The number of ether oxygens (including phenoxy) is 1.